The first-order valence-corrected chi connectivity index (χ1v) is 6.10. The van der Waals surface area contributed by atoms with E-state index in [0.717, 1.165) is 10.0 Å². The lowest BCUT2D eigenvalue weighted by atomic mass is 10.2. The third-order valence-corrected chi connectivity index (χ3v) is 3.31. The largest absolute Gasteiger partial charge is 0.232 e. The smallest absolute Gasteiger partial charge is 0.161 e. The van der Waals surface area contributed by atoms with E-state index in [4.69, 9.17) is 5.26 Å². The molecule has 17 heavy (non-hydrogen) atoms. The quantitative estimate of drug-likeness (QED) is 0.649. The van der Waals surface area contributed by atoms with Crippen molar-refractivity contribution in [2.24, 2.45) is 0 Å². The molecule has 0 unspecified atom stereocenters. The molecular weight excluding hydrogens is 298 g/mol. The molecule has 0 radical (unpaired) electrons. The Morgan fingerprint density at radius 2 is 2.00 bits per heavy atom. The molecule has 0 fully saturated rings. The highest BCUT2D eigenvalue weighted by molar-refractivity contribution is 9.10. The van der Waals surface area contributed by atoms with E-state index in [-0.39, 0.29) is 0 Å². The first kappa shape index (κ1) is 12.1. The molecule has 0 amide bonds. The van der Waals surface area contributed by atoms with Gasteiger partial charge in [0.2, 0.25) is 0 Å². The second-order valence-corrected chi connectivity index (χ2v) is 4.70. The Bertz CT molecular complexity index is 596. The number of hydrogen-bond acceptors (Lipinski definition) is 4. The summed E-state index contributed by atoms with van der Waals surface area (Å²) in [6.45, 7) is 1.78. The summed E-state index contributed by atoms with van der Waals surface area (Å²) >= 11 is 7.66. The molecule has 0 aliphatic rings. The van der Waals surface area contributed by atoms with Crippen LogP contribution in [0.3, 0.4) is 0 Å². The molecule has 2 aromatic rings. The van der Waals surface area contributed by atoms with Crippen LogP contribution >= 0.6 is 28.6 Å². The Kier molecular flexibility index (Phi) is 3.46. The lowest BCUT2D eigenvalue weighted by Gasteiger charge is -2.06. The molecule has 0 N–H and O–H groups in total. The number of nitrogens with zero attached hydrogens (tertiary/aromatic N) is 3. The zero-order valence-electron chi connectivity index (χ0n) is 8.98. The van der Waals surface area contributed by atoms with Gasteiger partial charge >= 0.3 is 0 Å². The number of halogens is 1. The molecule has 0 aliphatic heterocycles. The van der Waals surface area contributed by atoms with Gasteiger partial charge in [-0.05, 0) is 13.0 Å². The number of rotatable bonds is 1. The minimum atomic E-state index is 0.408. The lowest BCUT2D eigenvalue weighted by Crippen LogP contribution is -1.98. The van der Waals surface area contributed by atoms with Crippen molar-refractivity contribution in [3.8, 4) is 17.5 Å². The first-order valence-electron chi connectivity index (χ1n) is 4.86. The minimum absolute atomic E-state index is 0.408. The van der Waals surface area contributed by atoms with Crippen LogP contribution in [0.4, 0.5) is 0 Å². The molecule has 84 valence electrons. The maximum atomic E-state index is 8.93. The molecule has 5 heteroatoms. The van der Waals surface area contributed by atoms with Crippen LogP contribution in [0.5, 0.6) is 0 Å². The van der Waals surface area contributed by atoms with E-state index >= 15 is 0 Å². The summed E-state index contributed by atoms with van der Waals surface area (Å²) in [6.07, 6.45) is 0. The zero-order chi connectivity index (χ0) is 12.4. The predicted octanol–water partition coefficient (Wildman–Crippen LogP) is 3.37. The summed E-state index contributed by atoms with van der Waals surface area (Å²) in [5, 5.41) is 9.34. The molecule has 3 nitrogen and oxygen atoms in total. The summed E-state index contributed by atoms with van der Waals surface area (Å²) in [5.41, 5.74) is 1.94. The molecule has 1 aromatic carbocycles. The minimum Gasteiger partial charge on any atom is -0.232 e. The van der Waals surface area contributed by atoms with Crippen LogP contribution in [-0.2, 0) is 0 Å². The average molecular weight is 306 g/mol. The van der Waals surface area contributed by atoms with E-state index in [9.17, 15) is 0 Å². The second-order valence-electron chi connectivity index (χ2n) is 3.42. The SMILES string of the molecule is Cc1nc(-c2ccccc2Br)nc(S)c1C#N. The summed E-state index contributed by atoms with van der Waals surface area (Å²) in [6, 6.07) is 9.71. The standard InChI is InChI=1S/C12H8BrN3S/c1-7-9(6-14)12(17)16-11(15-7)8-4-2-3-5-10(8)13/h2-5H,1H3,(H,15,16,17). The van der Waals surface area contributed by atoms with Crippen molar-refractivity contribution >= 4 is 28.6 Å². The topological polar surface area (TPSA) is 49.6 Å². The highest BCUT2D eigenvalue weighted by atomic mass is 79.9. The molecule has 2 rings (SSSR count). The molecule has 0 bridgehead atoms. The number of benzene rings is 1. The van der Waals surface area contributed by atoms with Crippen LogP contribution in [0.15, 0.2) is 33.8 Å². The maximum absolute atomic E-state index is 8.93. The molecule has 1 heterocycles. The molecular formula is C12H8BrN3S. The summed E-state index contributed by atoms with van der Waals surface area (Å²) in [4.78, 5) is 8.56. The summed E-state index contributed by atoms with van der Waals surface area (Å²) in [5.74, 6) is 0.568. The molecule has 0 atom stereocenters. The van der Waals surface area contributed by atoms with E-state index in [0.29, 0.717) is 22.1 Å². The van der Waals surface area contributed by atoms with Crippen molar-refractivity contribution in [1.82, 2.24) is 9.97 Å². The monoisotopic (exact) mass is 305 g/mol. The third-order valence-electron chi connectivity index (χ3n) is 2.30. The number of nitriles is 1. The third kappa shape index (κ3) is 2.33. The molecule has 0 saturated heterocycles. The fourth-order valence-electron chi connectivity index (χ4n) is 1.45. The Balaban J connectivity index is 2.64. The van der Waals surface area contributed by atoms with Gasteiger partial charge in [-0.25, -0.2) is 9.97 Å². The lowest BCUT2D eigenvalue weighted by molar-refractivity contribution is 1.00. The van der Waals surface area contributed by atoms with Gasteiger partial charge in [0.1, 0.15) is 16.7 Å². The summed E-state index contributed by atoms with van der Waals surface area (Å²) in [7, 11) is 0. The second kappa shape index (κ2) is 4.86. The Labute approximate surface area is 113 Å². The Hall–Kier alpha value is -1.38. The summed E-state index contributed by atoms with van der Waals surface area (Å²) < 4.78 is 0.914. The number of aryl methyl sites for hydroxylation is 1. The van der Waals surface area contributed by atoms with Crippen molar-refractivity contribution in [2.75, 3.05) is 0 Å². The predicted molar refractivity (Wildman–Crippen MR) is 71.9 cm³/mol. The molecule has 0 saturated carbocycles. The van der Waals surface area contributed by atoms with Gasteiger partial charge in [-0.2, -0.15) is 5.26 Å². The molecule has 0 spiro atoms. The van der Waals surface area contributed by atoms with Gasteiger partial charge in [0.15, 0.2) is 5.82 Å². The zero-order valence-corrected chi connectivity index (χ0v) is 11.5. The molecule has 1 aromatic heterocycles. The first-order chi connectivity index (χ1) is 8.13. The highest BCUT2D eigenvalue weighted by Gasteiger charge is 2.11. The van der Waals surface area contributed by atoms with Gasteiger partial charge in [-0.3, -0.25) is 0 Å². The van der Waals surface area contributed by atoms with Crippen molar-refractivity contribution in [3.05, 3.63) is 40.0 Å². The molecule has 0 aliphatic carbocycles. The number of aromatic nitrogens is 2. The van der Waals surface area contributed by atoms with Gasteiger partial charge in [0, 0.05) is 10.0 Å². The van der Waals surface area contributed by atoms with Crippen molar-refractivity contribution in [3.63, 3.8) is 0 Å². The van der Waals surface area contributed by atoms with E-state index in [1.807, 2.05) is 30.3 Å². The van der Waals surface area contributed by atoms with Crippen LogP contribution in [0.2, 0.25) is 0 Å². The van der Waals surface area contributed by atoms with Crippen LogP contribution in [0.1, 0.15) is 11.3 Å². The fourth-order valence-corrected chi connectivity index (χ4v) is 2.22. The van der Waals surface area contributed by atoms with Crippen LogP contribution in [0, 0.1) is 18.3 Å². The van der Waals surface area contributed by atoms with E-state index in [1.54, 1.807) is 6.92 Å². The van der Waals surface area contributed by atoms with Crippen molar-refractivity contribution in [1.29, 1.82) is 5.26 Å². The number of hydrogen-bond donors (Lipinski definition) is 1. The normalized spacial score (nSPS) is 10.0. The van der Waals surface area contributed by atoms with Crippen LogP contribution < -0.4 is 0 Å². The van der Waals surface area contributed by atoms with Crippen LogP contribution in [0.25, 0.3) is 11.4 Å². The van der Waals surface area contributed by atoms with Gasteiger partial charge in [0.05, 0.1) is 5.69 Å². The maximum Gasteiger partial charge on any atom is 0.161 e. The Morgan fingerprint density at radius 1 is 1.29 bits per heavy atom. The van der Waals surface area contributed by atoms with Crippen LogP contribution in [-0.4, -0.2) is 9.97 Å². The van der Waals surface area contributed by atoms with Gasteiger partial charge in [-0.1, -0.05) is 34.1 Å². The van der Waals surface area contributed by atoms with Crippen molar-refractivity contribution < 1.29 is 0 Å². The van der Waals surface area contributed by atoms with Crippen molar-refractivity contribution in [2.45, 2.75) is 11.9 Å². The Morgan fingerprint density at radius 3 is 2.59 bits per heavy atom. The van der Waals surface area contributed by atoms with E-state index < -0.39 is 0 Å². The van der Waals surface area contributed by atoms with E-state index in [1.165, 1.54) is 0 Å². The fraction of sp³-hybridized carbons (Fsp3) is 0.0833. The van der Waals surface area contributed by atoms with Gasteiger partial charge in [0.25, 0.3) is 0 Å². The highest BCUT2D eigenvalue weighted by Crippen LogP contribution is 2.27. The van der Waals surface area contributed by atoms with Gasteiger partial charge < -0.3 is 0 Å². The number of thiol groups is 1. The van der Waals surface area contributed by atoms with E-state index in [2.05, 4.69) is 38.5 Å². The average Bonchev–Trinajstić information content (AvgIpc) is 2.29. The van der Waals surface area contributed by atoms with Gasteiger partial charge in [-0.15, -0.1) is 12.6 Å².